The highest BCUT2D eigenvalue weighted by Crippen LogP contribution is 2.26. The minimum atomic E-state index is -1.19. The van der Waals surface area contributed by atoms with E-state index in [1.807, 2.05) is 5.38 Å². The van der Waals surface area contributed by atoms with Crippen LogP contribution in [-0.2, 0) is 15.1 Å². The van der Waals surface area contributed by atoms with E-state index < -0.39 is 17.5 Å². The predicted octanol–water partition coefficient (Wildman–Crippen LogP) is 1.56. The van der Waals surface area contributed by atoms with Gasteiger partial charge in [-0.05, 0) is 36.1 Å². The van der Waals surface area contributed by atoms with Crippen LogP contribution in [0.2, 0.25) is 0 Å². The zero-order valence-electron chi connectivity index (χ0n) is 14.5. The molecule has 0 spiro atoms. The molecular formula is C18H18N4O4S. The van der Waals surface area contributed by atoms with Gasteiger partial charge < -0.3 is 16.0 Å². The van der Waals surface area contributed by atoms with Crippen molar-refractivity contribution in [1.82, 2.24) is 16.0 Å². The molecule has 1 aliphatic heterocycles. The SMILES string of the molecule is C[C@@]1(c2cccc(NC(=O)CCNC(=O)c3cccs3)c2)NC(=O)NC1=O. The van der Waals surface area contributed by atoms with E-state index in [0.717, 1.165) is 0 Å². The number of anilines is 1. The van der Waals surface area contributed by atoms with E-state index in [0.29, 0.717) is 16.1 Å². The molecule has 9 heteroatoms. The number of carbonyl (C=O) groups is 4. The number of benzene rings is 1. The lowest BCUT2D eigenvalue weighted by molar-refractivity contribution is -0.123. The zero-order valence-corrected chi connectivity index (χ0v) is 15.3. The number of hydrogen-bond acceptors (Lipinski definition) is 5. The Morgan fingerprint density at radius 1 is 1.19 bits per heavy atom. The smallest absolute Gasteiger partial charge is 0.322 e. The van der Waals surface area contributed by atoms with Crippen molar-refractivity contribution in [3.63, 3.8) is 0 Å². The Labute approximate surface area is 159 Å². The van der Waals surface area contributed by atoms with E-state index in [9.17, 15) is 19.2 Å². The van der Waals surface area contributed by atoms with Crippen LogP contribution in [0.25, 0.3) is 0 Å². The number of imide groups is 1. The summed E-state index contributed by atoms with van der Waals surface area (Å²) in [5, 5.41) is 12.0. The van der Waals surface area contributed by atoms with Crippen molar-refractivity contribution in [3.05, 3.63) is 52.2 Å². The highest BCUT2D eigenvalue weighted by Gasteiger charge is 2.43. The maximum atomic E-state index is 12.1. The Bertz CT molecular complexity index is 897. The van der Waals surface area contributed by atoms with Gasteiger partial charge in [0.15, 0.2) is 0 Å². The number of rotatable bonds is 6. The largest absolute Gasteiger partial charge is 0.351 e. The molecule has 1 aromatic heterocycles. The summed E-state index contributed by atoms with van der Waals surface area (Å²) in [7, 11) is 0. The number of carbonyl (C=O) groups excluding carboxylic acids is 4. The van der Waals surface area contributed by atoms with E-state index in [1.54, 1.807) is 43.3 Å². The van der Waals surface area contributed by atoms with Gasteiger partial charge in [0.2, 0.25) is 5.91 Å². The Hall–Kier alpha value is -3.20. The van der Waals surface area contributed by atoms with Gasteiger partial charge in [0.05, 0.1) is 4.88 Å². The lowest BCUT2D eigenvalue weighted by atomic mass is 9.92. The van der Waals surface area contributed by atoms with Crippen LogP contribution in [0.1, 0.15) is 28.6 Å². The number of amides is 5. The molecule has 8 nitrogen and oxygen atoms in total. The Morgan fingerprint density at radius 2 is 2.00 bits per heavy atom. The molecule has 1 atom stereocenters. The number of thiophene rings is 1. The summed E-state index contributed by atoms with van der Waals surface area (Å²) in [4.78, 5) is 48.0. The van der Waals surface area contributed by atoms with Gasteiger partial charge in [0.25, 0.3) is 11.8 Å². The molecule has 3 rings (SSSR count). The first-order valence-corrected chi connectivity index (χ1v) is 9.12. The molecule has 1 fully saturated rings. The maximum Gasteiger partial charge on any atom is 0.322 e. The van der Waals surface area contributed by atoms with Crippen molar-refractivity contribution in [3.8, 4) is 0 Å². The van der Waals surface area contributed by atoms with E-state index >= 15 is 0 Å². The maximum absolute atomic E-state index is 12.1. The molecule has 0 saturated carbocycles. The lowest BCUT2D eigenvalue weighted by Gasteiger charge is -2.21. The minimum Gasteiger partial charge on any atom is -0.351 e. The second-order valence-electron chi connectivity index (χ2n) is 6.15. The van der Waals surface area contributed by atoms with Crippen LogP contribution < -0.4 is 21.3 Å². The number of nitrogens with one attached hydrogen (secondary N) is 4. The molecule has 0 unspecified atom stereocenters. The molecule has 5 amide bonds. The van der Waals surface area contributed by atoms with Crippen molar-refractivity contribution in [2.24, 2.45) is 0 Å². The summed E-state index contributed by atoms with van der Waals surface area (Å²) < 4.78 is 0. The van der Waals surface area contributed by atoms with Gasteiger partial charge in [-0.1, -0.05) is 18.2 Å². The van der Waals surface area contributed by atoms with Crippen molar-refractivity contribution < 1.29 is 19.2 Å². The van der Waals surface area contributed by atoms with Crippen LogP contribution in [0.5, 0.6) is 0 Å². The van der Waals surface area contributed by atoms with Gasteiger partial charge in [-0.15, -0.1) is 11.3 Å². The van der Waals surface area contributed by atoms with Gasteiger partial charge in [0.1, 0.15) is 5.54 Å². The average Bonchev–Trinajstić information content (AvgIpc) is 3.24. The second kappa shape index (κ2) is 7.58. The summed E-state index contributed by atoms with van der Waals surface area (Å²) in [5.74, 6) is -0.938. The number of urea groups is 1. The molecule has 4 N–H and O–H groups in total. The highest BCUT2D eigenvalue weighted by atomic mass is 32.1. The van der Waals surface area contributed by atoms with Gasteiger partial charge in [-0.2, -0.15) is 0 Å². The first kappa shape index (κ1) is 18.6. The summed E-state index contributed by atoms with van der Waals surface area (Å²) in [6, 6.07) is 9.64. The van der Waals surface area contributed by atoms with E-state index in [4.69, 9.17) is 0 Å². The fourth-order valence-electron chi connectivity index (χ4n) is 2.66. The van der Waals surface area contributed by atoms with Gasteiger partial charge in [0, 0.05) is 18.7 Å². The van der Waals surface area contributed by atoms with E-state index in [-0.39, 0.29) is 24.8 Å². The van der Waals surface area contributed by atoms with Crippen molar-refractivity contribution >= 4 is 40.8 Å². The third-order valence-corrected chi connectivity index (χ3v) is 5.02. The highest BCUT2D eigenvalue weighted by molar-refractivity contribution is 7.12. The molecule has 1 aromatic carbocycles. The third-order valence-electron chi connectivity index (χ3n) is 4.15. The number of hydrogen-bond donors (Lipinski definition) is 4. The van der Waals surface area contributed by atoms with Crippen molar-refractivity contribution in [1.29, 1.82) is 0 Å². The average molecular weight is 386 g/mol. The normalized spacial score (nSPS) is 18.6. The Kier molecular flexibility index (Phi) is 5.22. The topological polar surface area (TPSA) is 116 Å². The molecule has 0 bridgehead atoms. The lowest BCUT2D eigenvalue weighted by Crippen LogP contribution is -2.40. The Morgan fingerprint density at radius 3 is 2.67 bits per heavy atom. The van der Waals surface area contributed by atoms with Crippen LogP contribution in [0.3, 0.4) is 0 Å². The summed E-state index contributed by atoms with van der Waals surface area (Å²) >= 11 is 1.33. The summed E-state index contributed by atoms with van der Waals surface area (Å²) in [6.07, 6.45) is 0.107. The third kappa shape index (κ3) is 4.14. The van der Waals surface area contributed by atoms with Crippen LogP contribution in [0, 0.1) is 0 Å². The molecular weight excluding hydrogens is 368 g/mol. The molecule has 2 aromatic rings. The predicted molar refractivity (Wildman–Crippen MR) is 100 cm³/mol. The molecule has 2 heterocycles. The molecule has 1 saturated heterocycles. The molecule has 27 heavy (non-hydrogen) atoms. The monoisotopic (exact) mass is 386 g/mol. The van der Waals surface area contributed by atoms with Crippen molar-refractivity contribution in [2.75, 3.05) is 11.9 Å². The van der Waals surface area contributed by atoms with Crippen LogP contribution >= 0.6 is 11.3 Å². The van der Waals surface area contributed by atoms with E-state index in [1.165, 1.54) is 11.3 Å². The fraction of sp³-hybridized carbons (Fsp3) is 0.222. The molecule has 0 radical (unpaired) electrons. The summed E-state index contributed by atoms with van der Waals surface area (Å²) in [6.45, 7) is 1.80. The molecule has 1 aliphatic rings. The van der Waals surface area contributed by atoms with Gasteiger partial charge in [-0.25, -0.2) is 4.79 Å². The fourth-order valence-corrected chi connectivity index (χ4v) is 3.30. The van der Waals surface area contributed by atoms with Crippen LogP contribution in [0.4, 0.5) is 10.5 Å². The van der Waals surface area contributed by atoms with Gasteiger partial charge >= 0.3 is 6.03 Å². The summed E-state index contributed by atoms with van der Waals surface area (Å²) in [5.41, 5.74) is -0.140. The molecule has 140 valence electrons. The van der Waals surface area contributed by atoms with Gasteiger partial charge in [-0.3, -0.25) is 19.7 Å². The quantitative estimate of drug-likeness (QED) is 0.564. The standard InChI is InChI=1S/C18H18N4O4S/c1-18(16(25)21-17(26)22-18)11-4-2-5-12(10-11)20-14(23)7-8-19-15(24)13-6-3-9-27-13/h2-6,9-10H,7-8H2,1H3,(H,19,24)(H,20,23)(H2,21,22,25,26)/t18-/m0/s1. The van der Waals surface area contributed by atoms with Crippen LogP contribution in [0.15, 0.2) is 41.8 Å². The second-order valence-corrected chi connectivity index (χ2v) is 7.09. The Balaban J connectivity index is 1.56. The van der Waals surface area contributed by atoms with Crippen molar-refractivity contribution in [2.45, 2.75) is 18.9 Å². The molecule has 0 aliphatic carbocycles. The first-order chi connectivity index (χ1) is 12.9. The first-order valence-electron chi connectivity index (χ1n) is 8.24. The van der Waals surface area contributed by atoms with E-state index in [2.05, 4.69) is 21.3 Å². The minimum absolute atomic E-state index is 0.107. The van der Waals surface area contributed by atoms with Crippen LogP contribution in [-0.4, -0.2) is 30.3 Å². The zero-order chi connectivity index (χ0) is 19.4.